The second kappa shape index (κ2) is 11.5. The molecule has 2 amide bonds. The normalized spacial score (nSPS) is 11.7. The van der Waals surface area contributed by atoms with E-state index in [0.29, 0.717) is 25.3 Å². The molecular weight excluding hydrogens is 368 g/mol. The highest BCUT2D eigenvalue weighted by molar-refractivity contribution is 7.99. The van der Waals surface area contributed by atoms with Crippen LogP contribution in [-0.2, 0) is 21.9 Å². The number of rotatable bonds is 10. The Bertz CT molecular complexity index is 747. The van der Waals surface area contributed by atoms with Crippen LogP contribution >= 0.6 is 11.8 Å². The van der Waals surface area contributed by atoms with Gasteiger partial charge in [-0.3, -0.25) is 9.59 Å². The Morgan fingerprint density at radius 1 is 1.00 bits per heavy atom. The fourth-order valence-electron chi connectivity index (χ4n) is 3.02. The van der Waals surface area contributed by atoms with E-state index in [1.807, 2.05) is 63.2 Å². The van der Waals surface area contributed by atoms with Gasteiger partial charge < -0.3 is 10.2 Å². The van der Waals surface area contributed by atoms with Crippen molar-refractivity contribution in [1.29, 1.82) is 0 Å². The third kappa shape index (κ3) is 6.71. The van der Waals surface area contributed by atoms with E-state index in [4.69, 9.17) is 0 Å². The predicted octanol–water partition coefficient (Wildman–Crippen LogP) is 4.17. The third-order valence-electron chi connectivity index (χ3n) is 4.55. The van der Waals surface area contributed by atoms with Crippen LogP contribution in [0.3, 0.4) is 0 Å². The molecule has 0 saturated heterocycles. The lowest BCUT2D eigenvalue weighted by Gasteiger charge is -2.30. The first kappa shape index (κ1) is 22.0. The van der Waals surface area contributed by atoms with Crippen LogP contribution in [0.15, 0.2) is 54.6 Å². The predicted molar refractivity (Wildman–Crippen MR) is 117 cm³/mol. The molecule has 0 spiro atoms. The standard InChI is InChI=1S/C23H30N2O2S/c1-4-21(23(27)24-5-2)25(15-19-13-11-18(3)12-14-19)22(26)17-28-16-20-9-7-6-8-10-20/h6-14,21H,4-5,15-17H2,1-3H3,(H,24,27)/t21-/m1/s1. The monoisotopic (exact) mass is 398 g/mol. The largest absolute Gasteiger partial charge is 0.355 e. The molecule has 0 aliphatic rings. The summed E-state index contributed by atoms with van der Waals surface area (Å²) in [6, 6.07) is 17.8. The third-order valence-corrected chi connectivity index (χ3v) is 5.54. The van der Waals surface area contributed by atoms with Crippen LogP contribution in [0.4, 0.5) is 0 Å². The maximum absolute atomic E-state index is 13.0. The molecule has 0 radical (unpaired) electrons. The highest BCUT2D eigenvalue weighted by Gasteiger charge is 2.28. The number of amides is 2. The van der Waals surface area contributed by atoms with E-state index in [2.05, 4.69) is 17.4 Å². The van der Waals surface area contributed by atoms with Crippen LogP contribution in [0.25, 0.3) is 0 Å². The van der Waals surface area contributed by atoms with Gasteiger partial charge in [0.1, 0.15) is 6.04 Å². The van der Waals surface area contributed by atoms with Gasteiger partial charge in [0.15, 0.2) is 0 Å². The van der Waals surface area contributed by atoms with Crippen molar-refractivity contribution in [3.63, 3.8) is 0 Å². The summed E-state index contributed by atoms with van der Waals surface area (Å²) in [5.74, 6) is 1.05. The van der Waals surface area contributed by atoms with Gasteiger partial charge in [-0.1, -0.05) is 67.1 Å². The zero-order valence-corrected chi connectivity index (χ0v) is 17.8. The van der Waals surface area contributed by atoms with Crippen molar-refractivity contribution in [2.24, 2.45) is 0 Å². The van der Waals surface area contributed by atoms with E-state index < -0.39 is 6.04 Å². The molecule has 2 rings (SSSR count). The van der Waals surface area contributed by atoms with Crippen LogP contribution in [0.5, 0.6) is 0 Å². The van der Waals surface area contributed by atoms with Crippen LogP contribution in [-0.4, -0.2) is 35.1 Å². The summed E-state index contributed by atoms with van der Waals surface area (Å²) in [5, 5.41) is 2.87. The smallest absolute Gasteiger partial charge is 0.242 e. The Kier molecular flexibility index (Phi) is 9.08. The number of nitrogens with one attached hydrogen (secondary N) is 1. The molecule has 2 aromatic carbocycles. The number of benzene rings is 2. The van der Waals surface area contributed by atoms with Crippen molar-refractivity contribution in [3.05, 3.63) is 71.3 Å². The van der Waals surface area contributed by atoms with Gasteiger partial charge in [0.25, 0.3) is 0 Å². The maximum Gasteiger partial charge on any atom is 0.242 e. The molecule has 4 nitrogen and oxygen atoms in total. The SMILES string of the molecule is CCNC(=O)[C@@H](CC)N(Cc1ccc(C)cc1)C(=O)CSCc1ccccc1. The number of aryl methyl sites for hydroxylation is 1. The van der Waals surface area contributed by atoms with E-state index in [1.54, 1.807) is 16.7 Å². The van der Waals surface area contributed by atoms with Crippen LogP contribution < -0.4 is 5.32 Å². The molecule has 1 atom stereocenters. The van der Waals surface area contributed by atoms with Crippen molar-refractivity contribution in [3.8, 4) is 0 Å². The number of hydrogen-bond donors (Lipinski definition) is 1. The summed E-state index contributed by atoms with van der Waals surface area (Å²) < 4.78 is 0. The van der Waals surface area contributed by atoms with Crippen molar-refractivity contribution < 1.29 is 9.59 Å². The van der Waals surface area contributed by atoms with E-state index >= 15 is 0 Å². The second-order valence-corrected chi connectivity index (χ2v) is 7.79. The first-order valence-corrected chi connectivity index (χ1v) is 10.9. The lowest BCUT2D eigenvalue weighted by atomic mass is 10.1. The summed E-state index contributed by atoms with van der Waals surface area (Å²) in [5.41, 5.74) is 3.41. The number of carbonyl (C=O) groups is 2. The van der Waals surface area contributed by atoms with Crippen molar-refractivity contribution >= 4 is 23.6 Å². The molecule has 1 N–H and O–H groups in total. The van der Waals surface area contributed by atoms with E-state index in [1.165, 1.54) is 11.1 Å². The summed E-state index contributed by atoms with van der Waals surface area (Å²) in [7, 11) is 0. The highest BCUT2D eigenvalue weighted by atomic mass is 32.2. The molecule has 5 heteroatoms. The Labute approximate surface area is 172 Å². The van der Waals surface area contributed by atoms with Crippen LogP contribution in [0.2, 0.25) is 0 Å². The minimum absolute atomic E-state index is 0.000362. The number of likely N-dealkylation sites (N-methyl/N-ethyl adjacent to an activating group) is 1. The minimum atomic E-state index is -0.453. The molecule has 0 aliphatic heterocycles. The van der Waals surface area contributed by atoms with Crippen molar-refractivity contribution in [1.82, 2.24) is 10.2 Å². The zero-order valence-electron chi connectivity index (χ0n) is 17.0. The van der Waals surface area contributed by atoms with Gasteiger partial charge >= 0.3 is 0 Å². The lowest BCUT2D eigenvalue weighted by molar-refractivity contribution is -0.139. The topological polar surface area (TPSA) is 49.4 Å². The molecule has 2 aromatic rings. The molecule has 0 heterocycles. The number of nitrogens with zero attached hydrogens (tertiary/aromatic N) is 1. The fourth-order valence-corrected chi connectivity index (χ4v) is 3.89. The molecule has 0 unspecified atom stereocenters. The average Bonchev–Trinajstić information content (AvgIpc) is 2.70. The Morgan fingerprint density at radius 3 is 2.29 bits per heavy atom. The Hall–Kier alpha value is -2.27. The fraction of sp³-hybridized carbons (Fsp3) is 0.391. The van der Waals surface area contributed by atoms with Gasteiger partial charge in [-0.05, 0) is 31.4 Å². The van der Waals surface area contributed by atoms with Gasteiger partial charge in [-0.15, -0.1) is 11.8 Å². The summed E-state index contributed by atoms with van der Waals surface area (Å²) >= 11 is 1.59. The molecule has 0 bridgehead atoms. The Balaban J connectivity index is 2.09. The first-order chi connectivity index (χ1) is 13.5. The van der Waals surface area contributed by atoms with Gasteiger partial charge in [0.2, 0.25) is 11.8 Å². The maximum atomic E-state index is 13.0. The second-order valence-electron chi connectivity index (χ2n) is 6.80. The highest BCUT2D eigenvalue weighted by Crippen LogP contribution is 2.17. The summed E-state index contributed by atoms with van der Waals surface area (Å²) in [6.07, 6.45) is 0.590. The quantitative estimate of drug-likeness (QED) is 0.653. The first-order valence-electron chi connectivity index (χ1n) is 9.79. The number of hydrogen-bond acceptors (Lipinski definition) is 3. The molecule has 0 fully saturated rings. The summed E-state index contributed by atoms with van der Waals surface area (Å²) in [6.45, 7) is 6.89. The van der Waals surface area contributed by atoms with Crippen molar-refractivity contribution in [2.75, 3.05) is 12.3 Å². The minimum Gasteiger partial charge on any atom is -0.355 e. The van der Waals surface area contributed by atoms with Crippen molar-refractivity contribution in [2.45, 2.75) is 45.5 Å². The molecule has 0 saturated carbocycles. The Morgan fingerprint density at radius 2 is 1.68 bits per heavy atom. The lowest BCUT2D eigenvalue weighted by Crippen LogP contribution is -2.49. The number of carbonyl (C=O) groups excluding carboxylic acids is 2. The molecule has 28 heavy (non-hydrogen) atoms. The van der Waals surface area contributed by atoms with E-state index in [0.717, 1.165) is 11.3 Å². The molecule has 0 aromatic heterocycles. The van der Waals surface area contributed by atoms with Gasteiger partial charge in [0, 0.05) is 18.8 Å². The van der Waals surface area contributed by atoms with E-state index in [-0.39, 0.29) is 11.8 Å². The molecule has 150 valence electrons. The van der Waals surface area contributed by atoms with Crippen LogP contribution in [0, 0.1) is 6.92 Å². The summed E-state index contributed by atoms with van der Waals surface area (Å²) in [4.78, 5) is 27.3. The molecular formula is C23H30N2O2S. The average molecular weight is 399 g/mol. The molecule has 0 aliphatic carbocycles. The van der Waals surface area contributed by atoms with Gasteiger partial charge in [-0.2, -0.15) is 0 Å². The zero-order chi connectivity index (χ0) is 20.4. The number of thioether (sulfide) groups is 1. The van der Waals surface area contributed by atoms with Crippen LogP contribution in [0.1, 0.15) is 37.0 Å². The van der Waals surface area contributed by atoms with Gasteiger partial charge in [0.05, 0.1) is 5.75 Å². The van der Waals surface area contributed by atoms with E-state index in [9.17, 15) is 9.59 Å². The van der Waals surface area contributed by atoms with Gasteiger partial charge in [-0.25, -0.2) is 0 Å².